The third-order valence-corrected chi connectivity index (χ3v) is 2.84. The molecule has 16 heavy (non-hydrogen) atoms. The minimum Gasteiger partial charge on any atom is -0.480 e. The second-order valence-electron chi connectivity index (χ2n) is 4.07. The van der Waals surface area contributed by atoms with Crippen LogP contribution in [0.1, 0.15) is 19.4 Å². The number of nitrogens with one attached hydrogen (secondary N) is 1. The van der Waals surface area contributed by atoms with Crippen molar-refractivity contribution in [1.82, 2.24) is 5.32 Å². The van der Waals surface area contributed by atoms with E-state index >= 15 is 0 Å². The number of carboxylic acid groups (broad SMARTS) is 1. The Labute approximate surface area is 104 Å². The van der Waals surface area contributed by atoms with Crippen LogP contribution < -0.4 is 5.32 Å². The average Bonchev–Trinajstić information content (AvgIpc) is 2.16. The summed E-state index contributed by atoms with van der Waals surface area (Å²) in [6, 6.07) is 7.33. The van der Waals surface area contributed by atoms with Gasteiger partial charge in [0.2, 0.25) is 0 Å². The molecular formula is C12H16BrNO2. The number of halogens is 1. The smallest absolute Gasteiger partial charge is 0.320 e. The van der Waals surface area contributed by atoms with E-state index in [0.717, 1.165) is 10.0 Å². The molecule has 1 rings (SSSR count). The van der Waals surface area contributed by atoms with Crippen molar-refractivity contribution in [3.05, 3.63) is 34.3 Å². The lowest BCUT2D eigenvalue weighted by Gasteiger charge is -2.17. The summed E-state index contributed by atoms with van der Waals surface area (Å²) in [6.45, 7) is 4.36. The van der Waals surface area contributed by atoms with Gasteiger partial charge in [0.25, 0.3) is 0 Å². The van der Waals surface area contributed by atoms with Gasteiger partial charge in [-0.05, 0) is 23.6 Å². The quantitative estimate of drug-likeness (QED) is 0.875. The fourth-order valence-electron chi connectivity index (χ4n) is 1.48. The molecular weight excluding hydrogens is 270 g/mol. The van der Waals surface area contributed by atoms with E-state index in [9.17, 15) is 4.79 Å². The highest BCUT2D eigenvalue weighted by Crippen LogP contribution is 2.12. The van der Waals surface area contributed by atoms with E-state index in [0.29, 0.717) is 6.54 Å². The minimum atomic E-state index is -0.801. The van der Waals surface area contributed by atoms with E-state index in [1.165, 1.54) is 0 Å². The van der Waals surface area contributed by atoms with Crippen LogP contribution in [0.2, 0.25) is 0 Å². The van der Waals surface area contributed by atoms with Crippen molar-refractivity contribution in [2.75, 3.05) is 0 Å². The van der Waals surface area contributed by atoms with E-state index in [1.807, 2.05) is 38.1 Å². The van der Waals surface area contributed by atoms with Crippen LogP contribution in [0.4, 0.5) is 0 Å². The Bertz CT molecular complexity index is 366. The SMILES string of the molecule is CC(C)C(NCc1cccc(Br)c1)C(=O)O. The van der Waals surface area contributed by atoms with Crippen molar-refractivity contribution in [2.24, 2.45) is 5.92 Å². The maximum Gasteiger partial charge on any atom is 0.320 e. The molecule has 0 fully saturated rings. The number of rotatable bonds is 5. The molecule has 1 aromatic rings. The fourth-order valence-corrected chi connectivity index (χ4v) is 1.93. The first-order valence-corrected chi connectivity index (χ1v) is 6.00. The lowest BCUT2D eigenvalue weighted by Crippen LogP contribution is -2.40. The Morgan fingerprint density at radius 2 is 2.19 bits per heavy atom. The molecule has 1 aromatic carbocycles. The van der Waals surface area contributed by atoms with Crippen LogP contribution in [0.3, 0.4) is 0 Å². The third-order valence-electron chi connectivity index (χ3n) is 2.35. The zero-order valence-corrected chi connectivity index (χ0v) is 11.0. The summed E-state index contributed by atoms with van der Waals surface area (Å²) in [5.74, 6) is -0.727. The molecule has 0 aliphatic heterocycles. The first-order valence-electron chi connectivity index (χ1n) is 5.21. The van der Waals surface area contributed by atoms with Crippen LogP contribution in [0, 0.1) is 5.92 Å². The van der Waals surface area contributed by atoms with Gasteiger partial charge in [-0.2, -0.15) is 0 Å². The maximum atomic E-state index is 11.0. The van der Waals surface area contributed by atoms with Gasteiger partial charge in [0, 0.05) is 11.0 Å². The molecule has 1 unspecified atom stereocenters. The van der Waals surface area contributed by atoms with Crippen molar-refractivity contribution in [3.8, 4) is 0 Å². The molecule has 88 valence electrons. The molecule has 0 amide bonds. The normalized spacial score (nSPS) is 12.8. The average molecular weight is 286 g/mol. The molecule has 4 heteroatoms. The number of carbonyl (C=O) groups is 1. The first-order chi connectivity index (χ1) is 7.50. The summed E-state index contributed by atoms with van der Waals surface area (Å²) in [6.07, 6.45) is 0. The van der Waals surface area contributed by atoms with Gasteiger partial charge in [0.1, 0.15) is 6.04 Å². The van der Waals surface area contributed by atoms with Gasteiger partial charge in [-0.25, -0.2) is 0 Å². The van der Waals surface area contributed by atoms with Crippen molar-refractivity contribution in [3.63, 3.8) is 0 Å². The van der Waals surface area contributed by atoms with Gasteiger partial charge in [0.15, 0.2) is 0 Å². The molecule has 0 aromatic heterocycles. The van der Waals surface area contributed by atoms with Crippen LogP contribution >= 0.6 is 15.9 Å². The number of aliphatic carboxylic acids is 1. The van der Waals surface area contributed by atoms with Gasteiger partial charge < -0.3 is 10.4 Å². The number of carboxylic acids is 1. The van der Waals surface area contributed by atoms with E-state index < -0.39 is 12.0 Å². The van der Waals surface area contributed by atoms with Crippen LogP contribution in [-0.2, 0) is 11.3 Å². The van der Waals surface area contributed by atoms with Crippen LogP contribution in [0.15, 0.2) is 28.7 Å². The predicted octanol–water partition coefficient (Wildman–Crippen LogP) is 2.65. The molecule has 0 aliphatic rings. The van der Waals surface area contributed by atoms with Gasteiger partial charge in [0.05, 0.1) is 0 Å². The summed E-state index contributed by atoms with van der Waals surface area (Å²) in [5.41, 5.74) is 1.07. The van der Waals surface area contributed by atoms with Gasteiger partial charge >= 0.3 is 5.97 Å². The Morgan fingerprint density at radius 1 is 1.50 bits per heavy atom. The monoisotopic (exact) mass is 285 g/mol. The Balaban J connectivity index is 2.59. The summed E-state index contributed by atoms with van der Waals surface area (Å²) >= 11 is 3.38. The molecule has 2 N–H and O–H groups in total. The highest BCUT2D eigenvalue weighted by molar-refractivity contribution is 9.10. The van der Waals surface area contributed by atoms with E-state index in [-0.39, 0.29) is 5.92 Å². The van der Waals surface area contributed by atoms with Gasteiger partial charge in [-0.1, -0.05) is 41.9 Å². The summed E-state index contributed by atoms with van der Waals surface area (Å²) < 4.78 is 1.00. The maximum absolute atomic E-state index is 11.0. The minimum absolute atomic E-state index is 0.0738. The van der Waals surface area contributed by atoms with Crippen molar-refractivity contribution in [1.29, 1.82) is 0 Å². The first kappa shape index (κ1) is 13.2. The molecule has 1 atom stereocenters. The van der Waals surface area contributed by atoms with Gasteiger partial charge in [-0.15, -0.1) is 0 Å². The molecule has 0 bridgehead atoms. The largest absolute Gasteiger partial charge is 0.480 e. The van der Waals surface area contributed by atoms with E-state index in [1.54, 1.807) is 0 Å². The molecule has 0 saturated heterocycles. The van der Waals surface area contributed by atoms with Crippen LogP contribution in [0.5, 0.6) is 0 Å². The number of benzene rings is 1. The molecule has 0 saturated carbocycles. The van der Waals surface area contributed by atoms with E-state index in [2.05, 4.69) is 21.2 Å². The van der Waals surface area contributed by atoms with E-state index in [4.69, 9.17) is 5.11 Å². The van der Waals surface area contributed by atoms with Crippen LogP contribution in [-0.4, -0.2) is 17.1 Å². The molecule has 0 radical (unpaired) electrons. The van der Waals surface area contributed by atoms with Crippen molar-refractivity contribution in [2.45, 2.75) is 26.4 Å². The van der Waals surface area contributed by atoms with Crippen molar-refractivity contribution < 1.29 is 9.90 Å². The predicted molar refractivity (Wildman–Crippen MR) is 67.2 cm³/mol. The third kappa shape index (κ3) is 3.94. The molecule has 0 heterocycles. The Morgan fingerprint density at radius 3 is 2.69 bits per heavy atom. The lowest BCUT2D eigenvalue weighted by molar-refractivity contribution is -0.140. The second kappa shape index (κ2) is 6.01. The van der Waals surface area contributed by atoms with Crippen LogP contribution in [0.25, 0.3) is 0 Å². The van der Waals surface area contributed by atoms with Gasteiger partial charge in [-0.3, -0.25) is 4.79 Å². The lowest BCUT2D eigenvalue weighted by atomic mass is 10.0. The molecule has 0 spiro atoms. The summed E-state index contributed by atoms with van der Waals surface area (Å²) in [7, 11) is 0. The zero-order valence-electron chi connectivity index (χ0n) is 9.40. The highest BCUT2D eigenvalue weighted by atomic mass is 79.9. The van der Waals surface area contributed by atoms with Crippen molar-refractivity contribution >= 4 is 21.9 Å². The fraction of sp³-hybridized carbons (Fsp3) is 0.417. The molecule has 0 aliphatic carbocycles. The standard InChI is InChI=1S/C12H16BrNO2/c1-8(2)11(12(15)16)14-7-9-4-3-5-10(13)6-9/h3-6,8,11,14H,7H2,1-2H3,(H,15,16). The summed E-state index contributed by atoms with van der Waals surface area (Å²) in [4.78, 5) is 11.0. The Kier molecular flexibility index (Phi) is 4.96. The zero-order chi connectivity index (χ0) is 12.1. The topological polar surface area (TPSA) is 49.3 Å². The molecule has 3 nitrogen and oxygen atoms in total. The number of hydrogen-bond donors (Lipinski definition) is 2. The summed E-state index contributed by atoms with van der Waals surface area (Å²) in [5, 5.41) is 12.0. The number of hydrogen-bond acceptors (Lipinski definition) is 2. The second-order valence-corrected chi connectivity index (χ2v) is 4.99. The Hall–Kier alpha value is -0.870. The highest BCUT2D eigenvalue weighted by Gasteiger charge is 2.20.